The Kier molecular flexibility index (Phi) is 5.66. The number of hydrogen-bond donors (Lipinski definition) is 1. The molecule has 132 valence electrons. The number of aromatic nitrogens is 3. The number of alkyl halides is 3. The number of hydrogen-bond acceptors (Lipinski definition) is 4. The second-order valence-electron chi connectivity index (χ2n) is 4.98. The average Bonchev–Trinajstić information content (AvgIpc) is 2.82. The van der Waals surface area contributed by atoms with E-state index in [9.17, 15) is 18.0 Å². The molecular weight excluding hydrogens is 349 g/mol. The third kappa shape index (κ3) is 3.96. The topological polar surface area (TPSA) is 68.5 Å². The Morgan fingerprint density at radius 2 is 2.17 bits per heavy atom. The summed E-state index contributed by atoms with van der Waals surface area (Å²) in [4.78, 5) is 16.0. The van der Waals surface area contributed by atoms with Crippen molar-refractivity contribution in [2.75, 3.05) is 19.8 Å². The summed E-state index contributed by atoms with van der Waals surface area (Å²) in [6.45, 7) is 4.59. The quantitative estimate of drug-likeness (QED) is 0.800. The van der Waals surface area contributed by atoms with E-state index in [1.165, 1.54) is 6.92 Å². The van der Waals surface area contributed by atoms with Crippen LogP contribution in [0, 0.1) is 6.92 Å². The second kappa shape index (κ2) is 7.35. The monoisotopic (exact) mass is 364 g/mol. The fourth-order valence-electron chi connectivity index (χ4n) is 2.06. The third-order valence-corrected chi connectivity index (χ3v) is 3.47. The van der Waals surface area contributed by atoms with Crippen LogP contribution in [0.5, 0.6) is 0 Å². The standard InChI is InChI=1S/C14H16ClF3N4O2/c1-3-24-6-4-5-19-13(23)11-10(15)12-20-8(2)7-9(14(16,17)18)22(12)21-11/h7H,3-6H2,1-2H3,(H,19,23). The molecule has 0 aliphatic carbocycles. The Bertz CT molecular complexity index is 746. The SMILES string of the molecule is CCOCCCNC(=O)c1nn2c(C(F)(F)F)cc(C)nc2c1Cl. The van der Waals surface area contributed by atoms with Gasteiger partial charge in [0, 0.05) is 25.5 Å². The highest BCUT2D eigenvalue weighted by atomic mass is 35.5. The smallest absolute Gasteiger partial charge is 0.382 e. The van der Waals surface area contributed by atoms with Gasteiger partial charge in [-0.15, -0.1) is 0 Å². The van der Waals surface area contributed by atoms with Gasteiger partial charge in [0.05, 0.1) is 0 Å². The van der Waals surface area contributed by atoms with E-state index in [2.05, 4.69) is 15.4 Å². The van der Waals surface area contributed by atoms with Crippen molar-refractivity contribution in [1.29, 1.82) is 0 Å². The maximum absolute atomic E-state index is 13.1. The Morgan fingerprint density at radius 1 is 1.46 bits per heavy atom. The maximum Gasteiger partial charge on any atom is 0.433 e. The molecule has 0 bridgehead atoms. The molecule has 1 N–H and O–H groups in total. The van der Waals surface area contributed by atoms with Crippen molar-refractivity contribution in [3.8, 4) is 0 Å². The molecule has 0 aromatic carbocycles. The van der Waals surface area contributed by atoms with Crippen molar-refractivity contribution in [2.45, 2.75) is 26.4 Å². The lowest BCUT2D eigenvalue weighted by molar-refractivity contribution is -0.142. The van der Waals surface area contributed by atoms with Crippen LogP contribution in [0.3, 0.4) is 0 Å². The first-order valence-corrected chi connectivity index (χ1v) is 7.62. The number of rotatable bonds is 6. The molecule has 0 saturated carbocycles. The molecule has 0 radical (unpaired) electrons. The lowest BCUT2D eigenvalue weighted by Gasteiger charge is -2.09. The van der Waals surface area contributed by atoms with E-state index in [0.29, 0.717) is 30.7 Å². The molecule has 0 aliphatic heterocycles. The van der Waals surface area contributed by atoms with Crippen LogP contribution >= 0.6 is 11.6 Å². The minimum absolute atomic E-state index is 0.125. The van der Waals surface area contributed by atoms with Crippen LogP contribution in [-0.4, -0.2) is 40.3 Å². The molecule has 24 heavy (non-hydrogen) atoms. The van der Waals surface area contributed by atoms with Crippen LogP contribution in [-0.2, 0) is 10.9 Å². The van der Waals surface area contributed by atoms with Gasteiger partial charge in [-0.3, -0.25) is 4.79 Å². The third-order valence-electron chi connectivity index (χ3n) is 3.12. The molecule has 6 nitrogen and oxygen atoms in total. The highest BCUT2D eigenvalue weighted by molar-refractivity contribution is 6.36. The highest BCUT2D eigenvalue weighted by Gasteiger charge is 2.36. The molecule has 2 rings (SSSR count). The predicted octanol–water partition coefficient (Wildman–Crippen LogP) is 2.87. The van der Waals surface area contributed by atoms with Gasteiger partial charge in [0.2, 0.25) is 0 Å². The number of carbonyl (C=O) groups is 1. The molecule has 0 fully saturated rings. The van der Waals surface area contributed by atoms with Crippen molar-refractivity contribution in [3.05, 3.63) is 28.2 Å². The number of halogens is 4. The van der Waals surface area contributed by atoms with Crippen molar-refractivity contribution in [1.82, 2.24) is 19.9 Å². The van der Waals surface area contributed by atoms with Crippen molar-refractivity contribution < 1.29 is 22.7 Å². The number of amides is 1. The van der Waals surface area contributed by atoms with Gasteiger partial charge in [0.25, 0.3) is 5.91 Å². The van der Waals surface area contributed by atoms with Gasteiger partial charge in [-0.25, -0.2) is 9.50 Å². The summed E-state index contributed by atoms with van der Waals surface area (Å²) in [5.41, 5.74) is -1.41. The minimum Gasteiger partial charge on any atom is -0.382 e. The number of nitrogens with one attached hydrogen (secondary N) is 1. The van der Waals surface area contributed by atoms with Crippen LogP contribution in [0.15, 0.2) is 6.07 Å². The van der Waals surface area contributed by atoms with E-state index in [1.807, 2.05) is 6.92 Å². The zero-order valence-electron chi connectivity index (χ0n) is 13.1. The van der Waals surface area contributed by atoms with Gasteiger partial charge < -0.3 is 10.1 Å². The molecule has 0 saturated heterocycles. The maximum atomic E-state index is 13.1. The number of nitrogens with zero attached hydrogens (tertiary/aromatic N) is 3. The Labute approximate surface area is 141 Å². The molecule has 0 aliphatic rings. The van der Waals surface area contributed by atoms with Crippen molar-refractivity contribution >= 4 is 23.2 Å². The van der Waals surface area contributed by atoms with Gasteiger partial charge in [-0.2, -0.15) is 18.3 Å². The zero-order chi connectivity index (χ0) is 17.9. The van der Waals surface area contributed by atoms with E-state index in [0.717, 1.165) is 6.07 Å². The van der Waals surface area contributed by atoms with Gasteiger partial charge in [-0.05, 0) is 26.3 Å². The van der Waals surface area contributed by atoms with Gasteiger partial charge in [-0.1, -0.05) is 11.6 Å². The summed E-state index contributed by atoms with van der Waals surface area (Å²) in [6, 6.07) is 0.847. The molecule has 0 spiro atoms. The predicted molar refractivity (Wildman–Crippen MR) is 81.2 cm³/mol. The van der Waals surface area contributed by atoms with Crippen LogP contribution in [0.25, 0.3) is 5.65 Å². The summed E-state index contributed by atoms with van der Waals surface area (Å²) >= 11 is 6.01. The fraction of sp³-hybridized carbons (Fsp3) is 0.500. The molecule has 1 amide bonds. The second-order valence-corrected chi connectivity index (χ2v) is 5.36. The summed E-state index contributed by atoms with van der Waals surface area (Å²) in [7, 11) is 0. The van der Waals surface area contributed by atoms with E-state index < -0.39 is 17.8 Å². The number of fused-ring (bicyclic) bond motifs is 1. The Morgan fingerprint density at radius 3 is 2.79 bits per heavy atom. The van der Waals surface area contributed by atoms with Crippen molar-refractivity contribution in [3.63, 3.8) is 0 Å². The van der Waals surface area contributed by atoms with Crippen molar-refractivity contribution in [2.24, 2.45) is 0 Å². The molecule has 2 aromatic rings. The minimum atomic E-state index is -4.65. The normalized spacial score (nSPS) is 11.9. The van der Waals surface area contributed by atoms with Crippen LogP contribution in [0.4, 0.5) is 13.2 Å². The fourth-order valence-corrected chi connectivity index (χ4v) is 2.31. The highest BCUT2D eigenvalue weighted by Crippen LogP contribution is 2.32. The number of aryl methyl sites for hydroxylation is 1. The zero-order valence-corrected chi connectivity index (χ0v) is 13.8. The molecule has 10 heteroatoms. The summed E-state index contributed by atoms with van der Waals surface area (Å²) < 4.78 is 45.0. The van der Waals surface area contributed by atoms with Gasteiger partial charge >= 0.3 is 6.18 Å². The molecule has 2 heterocycles. The van der Waals surface area contributed by atoms with Crippen LogP contribution in [0.2, 0.25) is 5.02 Å². The lowest BCUT2D eigenvalue weighted by atomic mass is 10.3. The Hall–Kier alpha value is -1.87. The van der Waals surface area contributed by atoms with Crippen LogP contribution in [0.1, 0.15) is 35.2 Å². The molecular formula is C14H16ClF3N4O2. The largest absolute Gasteiger partial charge is 0.433 e. The summed E-state index contributed by atoms with van der Waals surface area (Å²) in [6.07, 6.45) is -4.08. The first kappa shape index (κ1) is 18.5. The van der Waals surface area contributed by atoms with E-state index in [4.69, 9.17) is 16.3 Å². The number of carbonyl (C=O) groups excluding carboxylic acids is 1. The van der Waals surface area contributed by atoms with E-state index in [1.54, 1.807) is 0 Å². The van der Waals surface area contributed by atoms with E-state index >= 15 is 0 Å². The lowest BCUT2D eigenvalue weighted by Crippen LogP contribution is -2.26. The molecule has 0 unspecified atom stereocenters. The first-order chi connectivity index (χ1) is 11.3. The molecule has 0 atom stereocenters. The van der Waals surface area contributed by atoms with E-state index in [-0.39, 0.29) is 22.1 Å². The first-order valence-electron chi connectivity index (χ1n) is 7.24. The Balaban J connectivity index is 2.29. The molecule has 2 aromatic heterocycles. The van der Waals surface area contributed by atoms with Crippen LogP contribution < -0.4 is 5.32 Å². The number of ether oxygens (including phenoxy) is 1. The summed E-state index contributed by atoms with van der Waals surface area (Å²) in [5.74, 6) is -0.659. The average molecular weight is 365 g/mol. The summed E-state index contributed by atoms with van der Waals surface area (Å²) in [5, 5.41) is 6.02. The van der Waals surface area contributed by atoms with Gasteiger partial charge in [0.15, 0.2) is 11.3 Å². The van der Waals surface area contributed by atoms with Gasteiger partial charge in [0.1, 0.15) is 10.7 Å².